The second-order valence-electron chi connectivity index (χ2n) is 7.00. The summed E-state index contributed by atoms with van der Waals surface area (Å²) in [5.41, 5.74) is 5.52. The molecule has 1 atom stereocenters. The smallest absolute Gasteiger partial charge is 0.255 e. The maximum atomic E-state index is 12.6. The van der Waals surface area contributed by atoms with Crippen molar-refractivity contribution in [3.8, 4) is 11.3 Å². The number of carbonyl (C=O) groups excluding carboxylic acids is 1. The standard InChI is InChI=1S/C22H25N3O2/c1-15-4-8-18(9-5-15)13-25-14-20(22(27)23-12-17(3)26)21(24-25)19-10-6-16(2)7-11-19/h4-11,14,17,26H,12-13H2,1-3H3,(H,23,27). The number of benzene rings is 2. The fraction of sp³-hybridized carbons (Fsp3) is 0.273. The Morgan fingerprint density at radius 3 is 2.26 bits per heavy atom. The Balaban J connectivity index is 1.93. The zero-order chi connectivity index (χ0) is 19.4. The molecule has 1 aromatic heterocycles. The summed E-state index contributed by atoms with van der Waals surface area (Å²) in [5.74, 6) is -0.235. The van der Waals surface area contributed by atoms with E-state index < -0.39 is 6.10 Å². The number of nitrogens with one attached hydrogen (secondary N) is 1. The quantitative estimate of drug-likeness (QED) is 0.706. The summed E-state index contributed by atoms with van der Waals surface area (Å²) in [6.07, 6.45) is 1.17. The van der Waals surface area contributed by atoms with Crippen LogP contribution in [0.4, 0.5) is 0 Å². The van der Waals surface area contributed by atoms with Crippen molar-refractivity contribution in [1.82, 2.24) is 15.1 Å². The lowest BCUT2D eigenvalue weighted by molar-refractivity contribution is 0.0924. The second kappa shape index (κ2) is 8.18. The highest BCUT2D eigenvalue weighted by molar-refractivity contribution is 5.99. The summed E-state index contributed by atoms with van der Waals surface area (Å²) in [7, 11) is 0. The van der Waals surface area contributed by atoms with Crippen LogP contribution in [0.25, 0.3) is 11.3 Å². The van der Waals surface area contributed by atoms with Gasteiger partial charge in [0.2, 0.25) is 0 Å². The number of aliphatic hydroxyl groups excluding tert-OH is 1. The Morgan fingerprint density at radius 1 is 1.07 bits per heavy atom. The van der Waals surface area contributed by atoms with Gasteiger partial charge in [0, 0.05) is 18.3 Å². The normalized spacial score (nSPS) is 12.0. The second-order valence-corrected chi connectivity index (χ2v) is 7.00. The zero-order valence-electron chi connectivity index (χ0n) is 15.9. The molecule has 0 bridgehead atoms. The summed E-state index contributed by atoms with van der Waals surface area (Å²) in [4.78, 5) is 12.6. The van der Waals surface area contributed by atoms with Crippen LogP contribution in [0.1, 0.15) is 34.0 Å². The van der Waals surface area contributed by atoms with E-state index in [0.717, 1.165) is 16.7 Å². The first kappa shape index (κ1) is 18.9. The minimum Gasteiger partial charge on any atom is -0.392 e. The molecule has 0 fully saturated rings. The number of hydrogen-bond acceptors (Lipinski definition) is 3. The Labute approximate surface area is 159 Å². The molecule has 0 aliphatic carbocycles. The van der Waals surface area contributed by atoms with E-state index in [1.807, 2.05) is 31.2 Å². The van der Waals surface area contributed by atoms with E-state index in [0.29, 0.717) is 17.8 Å². The fourth-order valence-corrected chi connectivity index (χ4v) is 2.81. The van der Waals surface area contributed by atoms with Gasteiger partial charge < -0.3 is 10.4 Å². The maximum absolute atomic E-state index is 12.6. The molecule has 0 aliphatic rings. The lowest BCUT2D eigenvalue weighted by atomic mass is 10.1. The van der Waals surface area contributed by atoms with E-state index >= 15 is 0 Å². The van der Waals surface area contributed by atoms with E-state index in [9.17, 15) is 9.90 Å². The van der Waals surface area contributed by atoms with Crippen LogP contribution in [0.15, 0.2) is 54.7 Å². The van der Waals surface area contributed by atoms with E-state index in [1.165, 1.54) is 5.56 Å². The molecule has 0 radical (unpaired) electrons. The third kappa shape index (κ3) is 4.83. The minimum absolute atomic E-state index is 0.204. The third-order valence-electron chi connectivity index (χ3n) is 4.35. The van der Waals surface area contributed by atoms with E-state index in [-0.39, 0.29) is 12.5 Å². The number of hydrogen-bond donors (Lipinski definition) is 2. The molecule has 1 unspecified atom stereocenters. The predicted molar refractivity (Wildman–Crippen MR) is 107 cm³/mol. The van der Waals surface area contributed by atoms with E-state index in [2.05, 4.69) is 41.6 Å². The van der Waals surface area contributed by atoms with Crippen molar-refractivity contribution in [1.29, 1.82) is 0 Å². The zero-order valence-corrected chi connectivity index (χ0v) is 15.9. The summed E-state index contributed by atoms with van der Waals surface area (Å²) < 4.78 is 1.79. The van der Waals surface area contributed by atoms with Gasteiger partial charge in [-0.2, -0.15) is 5.10 Å². The molecule has 0 spiro atoms. The number of rotatable bonds is 6. The Hall–Kier alpha value is -2.92. The van der Waals surface area contributed by atoms with Gasteiger partial charge in [-0.15, -0.1) is 0 Å². The molecule has 0 saturated heterocycles. The highest BCUT2D eigenvalue weighted by atomic mass is 16.3. The molecule has 2 aromatic carbocycles. The first-order chi connectivity index (χ1) is 12.9. The van der Waals surface area contributed by atoms with Gasteiger partial charge in [-0.3, -0.25) is 9.48 Å². The van der Waals surface area contributed by atoms with Crippen LogP contribution >= 0.6 is 0 Å². The molecule has 140 valence electrons. The molecule has 1 heterocycles. The van der Waals surface area contributed by atoms with Crippen molar-refractivity contribution in [3.63, 3.8) is 0 Å². The molecule has 3 rings (SSSR count). The van der Waals surface area contributed by atoms with Gasteiger partial charge in [-0.1, -0.05) is 59.7 Å². The molecule has 0 saturated carbocycles. The topological polar surface area (TPSA) is 67.2 Å². The number of nitrogens with zero attached hydrogens (tertiary/aromatic N) is 2. The minimum atomic E-state index is -0.598. The monoisotopic (exact) mass is 363 g/mol. The number of carbonyl (C=O) groups is 1. The maximum Gasteiger partial charge on any atom is 0.255 e. The van der Waals surface area contributed by atoms with Crippen LogP contribution in [0.5, 0.6) is 0 Å². The Kier molecular flexibility index (Phi) is 5.72. The van der Waals surface area contributed by atoms with Crippen LogP contribution in [0.3, 0.4) is 0 Å². The van der Waals surface area contributed by atoms with Gasteiger partial charge in [0.25, 0.3) is 5.91 Å². The van der Waals surface area contributed by atoms with Crippen molar-refractivity contribution >= 4 is 5.91 Å². The van der Waals surface area contributed by atoms with Crippen LogP contribution in [0, 0.1) is 13.8 Å². The lowest BCUT2D eigenvalue weighted by Gasteiger charge is -2.07. The Bertz CT molecular complexity index is 910. The highest BCUT2D eigenvalue weighted by Crippen LogP contribution is 2.23. The van der Waals surface area contributed by atoms with Crippen molar-refractivity contribution in [2.75, 3.05) is 6.54 Å². The SMILES string of the molecule is Cc1ccc(Cn2cc(C(=O)NCC(C)O)c(-c3ccc(C)cc3)n2)cc1. The van der Waals surface area contributed by atoms with Gasteiger partial charge in [-0.25, -0.2) is 0 Å². The number of aliphatic hydroxyl groups is 1. The first-order valence-corrected chi connectivity index (χ1v) is 9.08. The average Bonchev–Trinajstić information content (AvgIpc) is 3.06. The van der Waals surface area contributed by atoms with Gasteiger partial charge in [0.15, 0.2) is 0 Å². The van der Waals surface area contributed by atoms with Crippen LogP contribution in [0.2, 0.25) is 0 Å². The fourth-order valence-electron chi connectivity index (χ4n) is 2.81. The van der Waals surface area contributed by atoms with Crippen molar-refractivity contribution in [2.24, 2.45) is 0 Å². The molecule has 1 amide bonds. The first-order valence-electron chi connectivity index (χ1n) is 9.08. The van der Waals surface area contributed by atoms with Crippen molar-refractivity contribution in [2.45, 2.75) is 33.4 Å². The van der Waals surface area contributed by atoms with Crippen LogP contribution < -0.4 is 5.32 Å². The molecule has 27 heavy (non-hydrogen) atoms. The average molecular weight is 363 g/mol. The lowest BCUT2D eigenvalue weighted by Crippen LogP contribution is -2.30. The molecule has 0 aliphatic heterocycles. The van der Waals surface area contributed by atoms with Crippen molar-refractivity contribution in [3.05, 3.63) is 77.0 Å². The van der Waals surface area contributed by atoms with Gasteiger partial charge in [-0.05, 0) is 26.3 Å². The van der Waals surface area contributed by atoms with Crippen LogP contribution in [-0.2, 0) is 6.54 Å². The molecular formula is C22H25N3O2. The number of amides is 1. The molecule has 5 nitrogen and oxygen atoms in total. The summed E-state index contributed by atoms with van der Waals surface area (Å²) in [6, 6.07) is 16.2. The van der Waals surface area contributed by atoms with E-state index in [4.69, 9.17) is 0 Å². The number of aromatic nitrogens is 2. The largest absolute Gasteiger partial charge is 0.392 e. The van der Waals surface area contributed by atoms with E-state index in [1.54, 1.807) is 17.8 Å². The predicted octanol–water partition coefficient (Wildman–Crippen LogP) is 3.33. The molecule has 5 heteroatoms. The number of aryl methyl sites for hydroxylation is 2. The summed E-state index contributed by atoms with van der Waals surface area (Å²) >= 11 is 0. The molecule has 2 N–H and O–H groups in total. The summed E-state index contributed by atoms with van der Waals surface area (Å²) in [6.45, 7) is 6.51. The molecule has 3 aromatic rings. The summed E-state index contributed by atoms with van der Waals surface area (Å²) in [5, 5.41) is 16.9. The van der Waals surface area contributed by atoms with Crippen molar-refractivity contribution < 1.29 is 9.90 Å². The van der Waals surface area contributed by atoms with Crippen LogP contribution in [-0.4, -0.2) is 33.4 Å². The molecular weight excluding hydrogens is 338 g/mol. The van der Waals surface area contributed by atoms with Gasteiger partial charge in [0.1, 0.15) is 5.69 Å². The highest BCUT2D eigenvalue weighted by Gasteiger charge is 2.18. The van der Waals surface area contributed by atoms with Gasteiger partial charge in [0.05, 0.1) is 18.2 Å². The Morgan fingerprint density at radius 2 is 1.67 bits per heavy atom. The van der Waals surface area contributed by atoms with Gasteiger partial charge >= 0.3 is 0 Å². The third-order valence-corrected chi connectivity index (χ3v) is 4.35.